The molecular weight excluding hydrogens is 224 g/mol. The van der Waals surface area contributed by atoms with Gasteiger partial charge >= 0.3 is 0 Å². The maximum atomic E-state index is 11.6. The molecule has 1 aromatic carbocycles. The molecule has 0 atom stereocenters. The lowest BCUT2D eigenvalue weighted by atomic mass is 10.0. The zero-order valence-electron chi connectivity index (χ0n) is 10.6. The van der Waals surface area contributed by atoms with Crippen LogP contribution in [-0.2, 0) is 11.2 Å². The van der Waals surface area contributed by atoms with E-state index in [-0.39, 0.29) is 5.91 Å². The van der Waals surface area contributed by atoms with Gasteiger partial charge in [-0.2, -0.15) is 0 Å². The number of nitrogens with one attached hydrogen (secondary N) is 2. The van der Waals surface area contributed by atoms with Crippen LogP contribution in [0.1, 0.15) is 18.9 Å². The van der Waals surface area contributed by atoms with Gasteiger partial charge in [0.2, 0.25) is 5.91 Å². The Labute approximate surface area is 108 Å². The fraction of sp³-hybridized carbons (Fsp3) is 0.267. The standard InChI is InChI=1S/C15H18N2O/c1-2-3-4-7-15(18)17-13-8-9-14-12(11-13)6-5-10-16-14/h2-4,7-9,11,16H,5-6,10H2,1H3,(H,17,18). The van der Waals surface area contributed by atoms with Crippen molar-refractivity contribution in [3.8, 4) is 0 Å². The van der Waals surface area contributed by atoms with Crippen LogP contribution < -0.4 is 10.6 Å². The van der Waals surface area contributed by atoms with Crippen molar-refractivity contribution in [3.63, 3.8) is 0 Å². The minimum Gasteiger partial charge on any atom is -0.385 e. The van der Waals surface area contributed by atoms with E-state index in [0.29, 0.717) is 0 Å². The molecule has 94 valence electrons. The van der Waals surface area contributed by atoms with Crippen molar-refractivity contribution in [2.45, 2.75) is 19.8 Å². The number of carbonyl (C=O) groups is 1. The molecule has 0 saturated heterocycles. The summed E-state index contributed by atoms with van der Waals surface area (Å²) in [5, 5.41) is 6.21. The number of fused-ring (bicyclic) bond motifs is 1. The van der Waals surface area contributed by atoms with E-state index in [1.54, 1.807) is 6.08 Å². The van der Waals surface area contributed by atoms with Crippen LogP contribution >= 0.6 is 0 Å². The Hall–Kier alpha value is -2.03. The fourth-order valence-corrected chi connectivity index (χ4v) is 1.99. The highest BCUT2D eigenvalue weighted by Gasteiger charge is 2.09. The van der Waals surface area contributed by atoms with Gasteiger partial charge in [0.05, 0.1) is 0 Å². The summed E-state index contributed by atoms with van der Waals surface area (Å²) >= 11 is 0. The smallest absolute Gasteiger partial charge is 0.248 e. The molecule has 0 bridgehead atoms. The average Bonchev–Trinajstić information content (AvgIpc) is 2.39. The summed E-state index contributed by atoms with van der Waals surface area (Å²) in [6.07, 6.45) is 9.18. The lowest BCUT2D eigenvalue weighted by Gasteiger charge is -2.18. The normalized spacial score (nSPS) is 14.5. The molecule has 1 aromatic rings. The van der Waals surface area contributed by atoms with E-state index in [4.69, 9.17) is 0 Å². The molecule has 1 heterocycles. The van der Waals surface area contributed by atoms with Crippen molar-refractivity contribution in [3.05, 3.63) is 48.1 Å². The van der Waals surface area contributed by atoms with Gasteiger partial charge in [0, 0.05) is 24.0 Å². The van der Waals surface area contributed by atoms with Crippen LogP contribution in [0.3, 0.4) is 0 Å². The lowest BCUT2D eigenvalue weighted by Crippen LogP contribution is -2.13. The topological polar surface area (TPSA) is 41.1 Å². The first-order valence-corrected chi connectivity index (χ1v) is 6.27. The van der Waals surface area contributed by atoms with E-state index < -0.39 is 0 Å². The monoisotopic (exact) mass is 242 g/mol. The van der Waals surface area contributed by atoms with Crippen LogP contribution in [0.5, 0.6) is 0 Å². The molecule has 1 aliphatic rings. The van der Waals surface area contributed by atoms with E-state index in [1.807, 2.05) is 37.3 Å². The van der Waals surface area contributed by atoms with Crippen molar-refractivity contribution in [2.75, 3.05) is 17.2 Å². The molecule has 0 radical (unpaired) electrons. The average molecular weight is 242 g/mol. The minimum atomic E-state index is -0.100. The van der Waals surface area contributed by atoms with Gasteiger partial charge in [-0.05, 0) is 43.5 Å². The second-order valence-electron chi connectivity index (χ2n) is 4.28. The molecule has 3 nitrogen and oxygen atoms in total. The molecular formula is C15H18N2O. The van der Waals surface area contributed by atoms with Crippen LogP contribution in [0.25, 0.3) is 0 Å². The van der Waals surface area contributed by atoms with Crippen molar-refractivity contribution in [1.29, 1.82) is 0 Å². The maximum absolute atomic E-state index is 11.6. The van der Waals surface area contributed by atoms with Gasteiger partial charge < -0.3 is 10.6 Å². The van der Waals surface area contributed by atoms with E-state index >= 15 is 0 Å². The molecule has 0 spiro atoms. The zero-order chi connectivity index (χ0) is 12.8. The Morgan fingerprint density at radius 3 is 3.11 bits per heavy atom. The minimum absolute atomic E-state index is 0.100. The molecule has 1 amide bonds. The van der Waals surface area contributed by atoms with Crippen LogP contribution in [0.2, 0.25) is 0 Å². The molecule has 0 fully saturated rings. The first-order valence-electron chi connectivity index (χ1n) is 6.27. The molecule has 0 saturated carbocycles. The fourth-order valence-electron chi connectivity index (χ4n) is 1.99. The number of allylic oxidation sites excluding steroid dienone is 3. The van der Waals surface area contributed by atoms with Crippen LogP contribution in [0.4, 0.5) is 11.4 Å². The third-order valence-corrected chi connectivity index (χ3v) is 2.86. The van der Waals surface area contributed by atoms with Gasteiger partial charge in [-0.3, -0.25) is 4.79 Å². The number of aryl methyl sites for hydroxylation is 1. The number of carbonyl (C=O) groups excluding carboxylic acids is 1. The first-order chi connectivity index (χ1) is 8.79. The quantitative estimate of drug-likeness (QED) is 0.631. The highest BCUT2D eigenvalue weighted by molar-refractivity contribution is 5.99. The third kappa shape index (κ3) is 3.23. The summed E-state index contributed by atoms with van der Waals surface area (Å²) in [7, 11) is 0. The van der Waals surface area contributed by atoms with E-state index in [2.05, 4.69) is 10.6 Å². The molecule has 0 aliphatic carbocycles. The van der Waals surface area contributed by atoms with E-state index in [1.165, 1.54) is 17.3 Å². The van der Waals surface area contributed by atoms with Gasteiger partial charge in [0.15, 0.2) is 0 Å². The second kappa shape index (κ2) is 6.05. The Morgan fingerprint density at radius 2 is 2.28 bits per heavy atom. The van der Waals surface area contributed by atoms with Crippen LogP contribution in [0.15, 0.2) is 42.5 Å². The highest BCUT2D eigenvalue weighted by Crippen LogP contribution is 2.24. The Morgan fingerprint density at radius 1 is 1.39 bits per heavy atom. The number of benzene rings is 1. The molecule has 2 N–H and O–H groups in total. The van der Waals surface area contributed by atoms with Crippen molar-refractivity contribution in [2.24, 2.45) is 0 Å². The summed E-state index contributed by atoms with van der Waals surface area (Å²) < 4.78 is 0. The molecule has 18 heavy (non-hydrogen) atoms. The summed E-state index contributed by atoms with van der Waals surface area (Å²) in [5.74, 6) is -0.100. The molecule has 0 unspecified atom stereocenters. The molecule has 1 aliphatic heterocycles. The molecule has 2 rings (SSSR count). The Balaban J connectivity index is 2.03. The van der Waals surface area contributed by atoms with Gasteiger partial charge in [-0.1, -0.05) is 18.2 Å². The zero-order valence-corrected chi connectivity index (χ0v) is 10.6. The summed E-state index contributed by atoms with van der Waals surface area (Å²) in [6, 6.07) is 6.00. The second-order valence-corrected chi connectivity index (χ2v) is 4.28. The van der Waals surface area contributed by atoms with Gasteiger partial charge in [-0.25, -0.2) is 0 Å². The van der Waals surface area contributed by atoms with Crippen molar-refractivity contribution < 1.29 is 4.79 Å². The van der Waals surface area contributed by atoms with E-state index in [9.17, 15) is 4.79 Å². The number of amides is 1. The SMILES string of the molecule is CC=CC=CC(=O)Nc1ccc2c(c1)CCCN2. The highest BCUT2D eigenvalue weighted by atomic mass is 16.1. The predicted molar refractivity (Wildman–Crippen MR) is 75.8 cm³/mol. The van der Waals surface area contributed by atoms with Gasteiger partial charge in [0.25, 0.3) is 0 Å². The maximum Gasteiger partial charge on any atom is 0.248 e. The molecule has 3 heteroatoms. The summed E-state index contributed by atoms with van der Waals surface area (Å²) in [5.41, 5.74) is 3.31. The predicted octanol–water partition coefficient (Wildman–Crippen LogP) is 3.12. The van der Waals surface area contributed by atoms with Crippen molar-refractivity contribution in [1.82, 2.24) is 0 Å². The van der Waals surface area contributed by atoms with Gasteiger partial charge in [0.1, 0.15) is 0 Å². The summed E-state index contributed by atoms with van der Waals surface area (Å²) in [4.78, 5) is 11.6. The number of anilines is 2. The van der Waals surface area contributed by atoms with Crippen LogP contribution in [-0.4, -0.2) is 12.5 Å². The van der Waals surface area contributed by atoms with Crippen molar-refractivity contribution >= 4 is 17.3 Å². The molecule has 0 aromatic heterocycles. The number of hydrogen-bond donors (Lipinski definition) is 2. The largest absolute Gasteiger partial charge is 0.385 e. The Kier molecular flexibility index (Phi) is 4.18. The summed E-state index contributed by atoms with van der Waals surface area (Å²) in [6.45, 7) is 2.95. The van der Waals surface area contributed by atoms with Crippen LogP contribution in [0, 0.1) is 0 Å². The third-order valence-electron chi connectivity index (χ3n) is 2.86. The van der Waals surface area contributed by atoms with Gasteiger partial charge in [-0.15, -0.1) is 0 Å². The number of hydrogen-bond acceptors (Lipinski definition) is 2. The number of rotatable bonds is 3. The van der Waals surface area contributed by atoms with E-state index in [0.717, 1.165) is 25.1 Å². The lowest BCUT2D eigenvalue weighted by molar-refractivity contribution is -0.111. The Bertz CT molecular complexity index is 489. The first kappa shape index (κ1) is 12.4.